The second-order valence-electron chi connectivity index (χ2n) is 6.32. The molecule has 7 heteroatoms. The molecular weight excluding hydrogens is 356 g/mol. The van der Waals surface area contributed by atoms with Crippen LogP contribution in [0.15, 0.2) is 60.7 Å². The third-order valence-corrected chi connectivity index (χ3v) is 4.14. The number of carbonyl (C=O) groups excluding carboxylic acids is 2. The summed E-state index contributed by atoms with van der Waals surface area (Å²) in [6.45, 7) is 2.19. The number of rotatable bonds is 7. The van der Waals surface area contributed by atoms with Crippen LogP contribution in [0.25, 0.3) is 0 Å². The minimum absolute atomic E-state index is 0.138. The minimum Gasteiger partial charge on any atom is -0.489 e. The molecule has 3 rings (SSSR count). The summed E-state index contributed by atoms with van der Waals surface area (Å²) in [5.41, 5.74) is 2.86. The van der Waals surface area contributed by atoms with Gasteiger partial charge in [0.1, 0.15) is 18.1 Å². The van der Waals surface area contributed by atoms with E-state index in [0.717, 1.165) is 11.3 Å². The Morgan fingerprint density at radius 1 is 1.07 bits per heavy atom. The largest absolute Gasteiger partial charge is 0.489 e. The number of nitrogens with zero attached hydrogens (tertiary/aromatic N) is 2. The normalized spacial score (nSPS) is 10.4. The highest BCUT2D eigenvalue weighted by atomic mass is 16.5. The molecule has 0 atom stereocenters. The molecule has 2 aromatic carbocycles. The fourth-order valence-corrected chi connectivity index (χ4v) is 2.50. The van der Waals surface area contributed by atoms with Gasteiger partial charge in [-0.2, -0.15) is 5.10 Å². The monoisotopic (exact) mass is 378 g/mol. The Bertz CT molecular complexity index is 930. The molecule has 144 valence electrons. The van der Waals surface area contributed by atoms with Crippen molar-refractivity contribution in [2.24, 2.45) is 7.05 Å². The van der Waals surface area contributed by atoms with Gasteiger partial charge in [0.25, 0.3) is 5.91 Å². The second kappa shape index (κ2) is 8.85. The van der Waals surface area contributed by atoms with Crippen molar-refractivity contribution < 1.29 is 14.3 Å². The van der Waals surface area contributed by atoms with Gasteiger partial charge in [0, 0.05) is 18.4 Å². The second-order valence-corrected chi connectivity index (χ2v) is 6.32. The third kappa shape index (κ3) is 5.20. The van der Waals surface area contributed by atoms with Gasteiger partial charge in [-0.15, -0.1) is 0 Å². The zero-order valence-corrected chi connectivity index (χ0v) is 15.8. The first-order valence-electron chi connectivity index (χ1n) is 8.87. The van der Waals surface area contributed by atoms with Gasteiger partial charge >= 0.3 is 0 Å². The van der Waals surface area contributed by atoms with Crippen LogP contribution in [0.3, 0.4) is 0 Å². The molecule has 0 fully saturated rings. The highest BCUT2D eigenvalue weighted by Gasteiger charge is 2.12. The maximum atomic E-state index is 12.0. The van der Waals surface area contributed by atoms with E-state index in [2.05, 4.69) is 15.7 Å². The average Bonchev–Trinajstić information content (AvgIpc) is 3.05. The van der Waals surface area contributed by atoms with Gasteiger partial charge in [-0.1, -0.05) is 30.3 Å². The molecule has 0 spiro atoms. The molecular formula is C21H22N4O3. The van der Waals surface area contributed by atoms with E-state index in [1.165, 1.54) is 0 Å². The summed E-state index contributed by atoms with van der Waals surface area (Å²) in [5, 5.41) is 9.37. The van der Waals surface area contributed by atoms with Crippen LogP contribution in [0.5, 0.6) is 5.75 Å². The molecule has 0 aliphatic carbocycles. The summed E-state index contributed by atoms with van der Waals surface area (Å²) >= 11 is 0. The Balaban J connectivity index is 1.45. The van der Waals surface area contributed by atoms with Crippen LogP contribution in [-0.2, 0) is 18.4 Å². The summed E-state index contributed by atoms with van der Waals surface area (Å²) in [4.78, 5) is 24.1. The molecule has 0 bridgehead atoms. The third-order valence-electron chi connectivity index (χ3n) is 4.14. The number of ether oxygens (including phenoxy) is 1. The highest BCUT2D eigenvalue weighted by molar-refractivity contribution is 5.98. The summed E-state index contributed by atoms with van der Waals surface area (Å²) in [7, 11) is 1.76. The van der Waals surface area contributed by atoms with Crippen molar-refractivity contribution in [2.75, 3.05) is 11.9 Å². The molecule has 1 aromatic heterocycles. The van der Waals surface area contributed by atoms with Gasteiger partial charge in [0.05, 0.1) is 6.54 Å². The maximum Gasteiger partial charge on any atom is 0.272 e. The lowest BCUT2D eigenvalue weighted by atomic mass is 10.2. The van der Waals surface area contributed by atoms with Crippen LogP contribution < -0.4 is 15.4 Å². The molecule has 0 aliphatic rings. The number of hydrogen-bond acceptors (Lipinski definition) is 4. The van der Waals surface area contributed by atoms with Gasteiger partial charge in [-0.25, -0.2) is 0 Å². The molecule has 2 N–H and O–H groups in total. The predicted octanol–water partition coefficient (Wildman–Crippen LogP) is 2.68. The molecule has 3 aromatic rings. The Kier molecular flexibility index (Phi) is 6.06. The lowest BCUT2D eigenvalue weighted by Gasteiger charge is -2.09. The molecule has 0 radical (unpaired) electrons. The van der Waals surface area contributed by atoms with Gasteiger partial charge in [-0.3, -0.25) is 14.3 Å². The number of aromatic nitrogens is 2. The van der Waals surface area contributed by atoms with Crippen molar-refractivity contribution in [3.8, 4) is 5.75 Å². The SMILES string of the molecule is Cc1cc(C(=O)NCC(=O)Nc2ccc(OCc3ccccc3)cc2)nn1C. The quantitative estimate of drug-likeness (QED) is 0.662. The van der Waals surface area contributed by atoms with Crippen LogP contribution in [0.4, 0.5) is 5.69 Å². The van der Waals surface area contributed by atoms with E-state index in [-0.39, 0.29) is 24.1 Å². The first-order valence-corrected chi connectivity index (χ1v) is 8.87. The topological polar surface area (TPSA) is 85.2 Å². The Morgan fingerprint density at radius 3 is 2.43 bits per heavy atom. The lowest BCUT2D eigenvalue weighted by molar-refractivity contribution is -0.115. The number of anilines is 1. The summed E-state index contributed by atoms with van der Waals surface area (Å²) < 4.78 is 7.32. The van der Waals surface area contributed by atoms with Gasteiger partial charge in [0.2, 0.25) is 5.91 Å². The van der Waals surface area contributed by atoms with Crippen LogP contribution in [0.1, 0.15) is 21.7 Å². The molecule has 0 saturated carbocycles. The van der Waals surface area contributed by atoms with Crippen LogP contribution in [0, 0.1) is 6.92 Å². The van der Waals surface area contributed by atoms with Crippen molar-refractivity contribution in [2.45, 2.75) is 13.5 Å². The fraction of sp³-hybridized carbons (Fsp3) is 0.190. The molecule has 0 unspecified atom stereocenters. The van der Waals surface area contributed by atoms with Crippen molar-refractivity contribution in [1.82, 2.24) is 15.1 Å². The number of carbonyl (C=O) groups is 2. The molecule has 28 heavy (non-hydrogen) atoms. The van der Waals surface area contributed by atoms with Crippen LogP contribution in [0.2, 0.25) is 0 Å². The van der Waals surface area contributed by atoms with Crippen LogP contribution >= 0.6 is 0 Å². The number of amides is 2. The summed E-state index contributed by atoms with van der Waals surface area (Å²) in [6, 6.07) is 18.6. The summed E-state index contributed by atoms with van der Waals surface area (Å²) in [5.74, 6) is 0.00291. The number of nitrogens with one attached hydrogen (secondary N) is 2. The van der Waals surface area contributed by atoms with Crippen molar-refractivity contribution >= 4 is 17.5 Å². The van der Waals surface area contributed by atoms with E-state index in [1.807, 2.05) is 37.3 Å². The van der Waals surface area contributed by atoms with Gasteiger partial charge < -0.3 is 15.4 Å². The zero-order valence-electron chi connectivity index (χ0n) is 15.8. The van der Waals surface area contributed by atoms with Gasteiger partial charge in [0.15, 0.2) is 0 Å². The number of aryl methyl sites for hydroxylation is 2. The zero-order chi connectivity index (χ0) is 19.9. The fourth-order valence-electron chi connectivity index (χ4n) is 2.50. The van der Waals surface area contributed by atoms with Crippen molar-refractivity contribution in [3.05, 3.63) is 77.6 Å². The van der Waals surface area contributed by atoms with E-state index in [9.17, 15) is 9.59 Å². The van der Waals surface area contributed by atoms with E-state index < -0.39 is 0 Å². The number of hydrogen-bond donors (Lipinski definition) is 2. The molecule has 0 aliphatic heterocycles. The van der Waals surface area contributed by atoms with Crippen molar-refractivity contribution in [1.29, 1.82) is 0 Å². The highest BCUT2D eigenvalue weighted by Crippen LogP contribution is 2.17. The molecule has 1 heterocycles. The van der Waals surface area contributed by atoms with Crippen molar-refractivity contribution in [3.63, 3.8) is 0 Å². The van der Waals surface area contributed by atoms with E-state index >= 15 is 0 Å². The Hall–Kier alpha value is -3.61. The first kappa shape index (κ1) is 19.2. The molecule has 0 saturated heterocycles. The Labute approximate surface area is 163 Å². The minimum atomic E-state index is -0.386. The lowest BCUT2D eigenvalue weighted by Crippen LogP contribution is -2.33. The first-order chi connectivity index (χ1) is 13.5. The average molecular weight is 378 g/mol. The smallest absolute Gasteiger partial charge is 0.272 e. The van der Waals surface area contributed by atoms with E-state index in [1.54, 1.807) is 42.1 Å². The standard InChI is InChI=1S/C21H22N4O3/c1-15-12-19(24-25(15)2)21(27)22-13-20(26)23-17-8-10-18(11-9-17)28-14-16-6-4-3-5-7-16/h3-12H,13-14H2,1-2H3,(H,22,27)(H,23,26). The molecule has 2 amide bonds. The predicted molar refractivity (Wildman–Crippen MR) is 106 cm³/mol. The molecule has 7 nitrogen and oxygen atoms in total. The van der Waals surface area contributed by atoms with E-state index in [4.69, 9.17) is 4.74 Å². The van der Waals surface area contributed by atoms with E-state index in [0.29, 0.717) is 18.0 Å². The van der Waals surface area contributed by atoms with Crippen LogP contribution in [-0.4, -0.2) is 28.1 Å². The number of benzene rings is 2. The van der Waals surface area contributed by atoms with Gasteiger partial charge in [-0.05, 0) is 42.8 Å². The summed E-state index contributed by atoms with van der Waals surface area (Å²) in [6.07, 6.45) is 0. The Morgan fingerprint density at radius 2 is 1.79 bits per heavy atom. The maximum absolute atomic E-state index is 12.0.